The molecule has 0 aliphatic heterocycles. The zero-order valence-electron chi connectivity index (χ0n) is 8.19. The van der Waals surface area contributed by atoms with E-state index in [1.54, 1.807) is 11.8 Å². The predicted molar refractivity (Wildman–Crippen MR) is 54.8 cm³/mol. The zero-order valence-corrected chi connectivity index (χ0v) is 9.01. The van der Waals surface area contributed by atoms with Crippen molar-refractivity contribution in [1.82, 2.24) is 5.32 Å². The summed E-state index contributed by atoms with van der Waals surface area (Å²) in [5.74, 6) is 0. The first-order chi connectivity index (χ1) is 4.81. The maximum Gasteiger partial charge on any atom is 0.0615 e. The van der Waals surface area contributed by atoms with Gasteiger partial charge < -0.3 is 5.32 Å². The molecule has 11 heavy (non-hydrogen) atoms. The number of hydrogen-bond donors (Lipinski definition) is 1. The highest BCUT2D eigenvalue weighted by Crippen LogP contribution is 2.28. The maximum absolute atomic E-state index is 3.93. The Morgan fingerprint density at radius 1 is 1.36 bits per heavy atom. The highest BCUT2D eigenvalue weighted by molar-refractivity contribution is 8.04. The van der Waals surface area contributed by atoms with E-state index in [1.165, 1.54) is 0 Å². The summed E-state index contributed by atoms with van der Waals surface area (Å²) < 4.78 is 0.263. The van der Waals surface area contributed by atoms with Crippen LogP contribution in [0.4, 0.5) is 0 Å². The third-order valence-corrected chi connectivity index (χ3v) is 1.86. The number of nitrogens with one attached hydrogen (secondary N) is 1. The van der Waals surface area contributed by atoms with Crippen molar-refractivity contribution < 1.29 is 0 Å². The van der Waals surface area contributed by atoms with Gasteiger partial charge in [-0.05, 0) is 13.8 Å². The van der Waals surface area contributed by atoms with Crippen molar-refractivity contribution in [3.63, 3.8) is 0 Å². The van der Waals surface area contributed by atoms with Gasteiger partial charge in [0.05, 0.1) is 5.03 Å². The van der Waals surface area contributed by atoms with Crippen LogP contribution in [0.3, 0.4) is 0 Å². The molecule has 0 saturated heterocycles. The quantitative estimate of drug-likeness (QED) is 0.704. The molecule has 0 bridgehead atoms. The fourth-order valence-corrected chi connectivity index (χ4v) is 1.75. The number of thioether (sulfide) groups is 1. The molecule has 1 nitrogen and oxygen atoms in total. The van der Waals surface area contributed by atoms with Crippen LogP contribution < -0.4 is 5.32 Å². The minimum absolute atomic E-state index is 0.263. The van der Waals surface area contributed by atoms with E-state index in [9.17, 15) is 0 Å². The Kier molecular flexibility index (Phi) is 4.01. The minimum Gasteiger partial charge on any atom is -0.378 e. The fourth-order valence-electron chi connectivity index (χ4n) is 0.721. The molecule has 0 amide bonds. The summed E-state index contributed by atoms with van der Waals surface area (Å²) >= 11 is 1.78. The second kappa shape index (κ2) is 4.05. The van der Waals surface area contributed by atoms with Crippen molar-refractivity contribution in [3.8, 4) is 0 Å². The van der Waals surface area contributed by atoms with Crippen molar-refractivity contribution in [1.29, 1.82) is 0 Å². The normalized spacial score (nSPS) is 11.8. The standard InChI is InChI=1S/C9H19NS/c1-7(2)10-8(3)11-9(4,5)6/h7,10H,3H2,1-2,4-6H3. The average molecular weight is 173 g/mol. The summed E-state index contributed by atoms with van der Waals surface area (Å²) in [4.78, 5) is 0. The summed E-state index contributed by atoms with van der Waals surface area (Å²) in [7, 11) is 0. The zero-order chi connectivity index (χ0) is 9.07. The molecule has 2 heteroatoms. The lowest BCUT2D eigenvalue weighted by Gasteiger charge is -2.21. The van der Waals surface area contributed by atoms with Gasteiger partial charge in [-0.15, -0.1) is 11.8 Å². The maximum atomic E-state index is 3.93. The third-order valence-electron chi connectivity index (χ3n) is 0.879. The second-order valence-corrected chi connectivity index (χ2v) is 5.86. The summed E-state index contributed by atoms with van der Waals surface area (Å²) in [5.41, 5.74) is 0. The van der Waals surface area contributed by atoms with Crippen LogP contribution in [0.5, 0.6) is 0 Å². The van der Waals surface area contributed by atoms with Crippen molar-refractivity contribution in [2.45, 2.75) is 45.4 Å². The molecular formula is C9H19NS. The van der Waals surface area contributed by atoms with E-state index in [2.05, 4.69) is 46.5 Å². The summed E-state index contributed by atoms with van der Waals surface area (Å²) in [6, 6.07) is 0.484. The lowest BCUT2D eigenvalue weighted by atomic mass is 10.3. The van der Waals surface area contributed by atoms with Gasteiger partial charge in [0, 0.05) is 10.8 Å². The lowest BCUT2D eigenvalue weighted by molar-refractivity contribution is 0.692. The van der Waals surface area contributed by atoms with E-state index < -0.39 is 0 Å². The first-order valence-electron chi connectivity index (χ1n) is 3.96. The molecule has 1 N–H and O–H groups in total. The van der Waals surface area contributed by atoms with Crippen LogP contribution in [0.15, 0.2) is 11.6 Å². The van der Waals surface area contributed by atoms with Crippen LogP contribution in [0, 0.1) is 0 Å². The van der Waals surface area contributed by atoms with Crippen molar-refractivity contribution in [2.75, 3.05) is 0 Å². The predicted octanol–water partition coefficient (Wildman–Crippen LogP) is 2.99. The van der Waals surface area contributed by atoms with E-state index in [4.69, 9.17) is 0 Å². The summed E-state index contributed by atoms with van der Waals surface area (Å²) in [5, 5.41) is 4.33. The molecule has 0 spiro atoms. The summed E-state index contributed by atoms with van der Waals surface area (Å²) in [6.07, 6.45) is 0. The van der Waals surface area contributed by atoms with Crippen LogP contribution >= 0.6 is 11.8 Å². The van der Waals surface area contributed by atoms with Crippen molar-refractivity contribution in [2.24, 2.45) is 0 Å². The molecular weight excluding hydrogens is 154 g/mol. The minimum atomic E-state index is 0.263. The molecule has 0 aromatic rings. The molecule has 0 atom stereocenters. The molecule has 0 radical (unpaired) electrons. The highest BCUT2D eigenvalue weighted by atomic mass is 32.2. The molecule has 0 fully saturated rings. The largest absolute Gasteiger partial charge is 0.378 e. The first kappa shape index (κ1) is 10.9. The monoisotopic (exact) mass is 173 g/mol. The Hall–Kier alpha value is -0.110. The van der Waals surface area contributed by atoms with Gasteiger partial charge in [-0.2, -0.15) is 0 Å². The molecule has 0 aliphatic carbocycles. The van der Waals surface area contributed by atoms with E-state index in [0.29, 0.717) is 6.04 Å². The molecule has 0 aromatic carbocycles. The first-order valence-corrected chi connectivity index (χ1v) is 4.77. The molecule has 66 valence electrons. The van der Waals surface area contributed by atoms with Gasteiger partial charge >= 0.3 is 0 Å². The average Bonchev–Trinajstić information content (AvgIpc) is 1.53. The molecule has 0 rings (SSSR count). The third kappa shape index (κ3) is 7.79. The van der Waals surface area contributed by atoms with Gasteiger partial charge in [-0.3, -0.25) is 0 Å². The molecule has 0 heterocycles. The van der Waals surface area contributed by atoms with Gasteiger partial charge in [0.15, 0.2) is 0 Å². The van der Waals surface area contributed by atoms with Crippen LogP contribution in [0.25, 0.3) is 0 Å². The van der Waals surface area contributed by atoms with Gasteiger partial charge in [0.2, 0.25) is 0 Å². The van der Waals surface area contributed by atoms with Gasteiger partial charge in [-0.1, -0.05) is 27.4 Å². The fraction of sp³-hybridized carbons (Fsp3) is 0.778. The topological polar surface area (TPSA) is 12.0 Å². The Bertz CT molecular complexity index is 133. The molecule has 0 aromatic heterocycles. The van der Waals surface area contributed by atoms with Crippen molar-refractivity contribution >= 4 is 11.8 Å². The molecule has 0 aliphatic rings. The Balaban J connectivity index is 3.71. The van der Waals surface area contributed by atoms with Gasteiger partial charge in [0.25, 0.3) is 0 Å². The van der Waals surface area contributed by atoms with Crippen LogP contribution in [-0.2, 0) is 0 Å². The smallest absolute Gasteiger partial charge is 0.0615 e. The Labute approximate surface area is 74.6 Å². The van der Waals surface area contributed by atoms with E-state index >= 15 is 0 Å². The molecule has 0 unspecified atom stereocenters. The van der Waals surface area contributed by atoms with Crippen LogP contribution in [0.1, 0.15) is 34.6 Å². The van der Waals surface area contributed by atoms with Crippen LogP contribution in [0.2, 0.25) is 0 Å². The van der Waals surface area contributed by atoms with Crippen LogP contribution in [-0.4, -0.2) is 10.8 Å². The second-order valence-electron chi connectivity index (χ2n) is 3.94. The Morgan fingerprint density at radius 2 is 1.82 bits per heavy atom. The van der Waals surface area contributed by atoms with E-state index in [-0.39, 0.29) is 4.75 Å². The number of hydrogen-bond acceptors (Lipinski definition) is 2. The number of rotatable bonds is 3. The summed E-state index contributed by atoms with van der Waals surface area (Å²) in [6.45, 7) is 14.7. The van der Waals surface area contributed by atoms with Gasteiger partial charge in [-0.25, -0.2) is 0 Å². The van der Waals surface area contributed by atoms with Crippen molar-refractivity contribution in [3.05, 3.63) is 11.6 Å². The van der Waals surface area contributed by atoms with E-state index in [0.717, 1.165) is 5.03 Å². The van der Waals surface area contributed by atoms with E-state index in [1.807, 2.05) is 0 Å². The van der Waals surface area contributed by atoms with Gasteiger partial charge in [0.1, 0.15) is 0 Å². The lowest BCUT2D eigenvalue weighted by Crippen LogP contribution is -2.22. The Morgan fingerprint density at radius 3 is 2.09 bits per heavy atom. The SMILES string of the molecule is C=C(NC(C)C)SC(C)(C)C. The highest BCUT2D eigenvalue weighted by Gasteiger charge is 2.12. The molecule has 0 saturated carbocycles.